The molecule has 1 nitrogen and oxygen atoms in total. The minimum Gasteiger partial charge on any atom is -0.308 e. The Morgan fingerprint density at radius 2 is 0.875 bits per heavy atom. The lowest BCUT2D eigenvalue weighted by molar-refractivity contribution is 0.661. The van der Waals surface area contributed by atoms with Crippen LogP contribution in [0.2, 0.25) is 0 Å². The molecule has 0 fully saturated rings. The van der Waals surface area contributed by atoms with Crippen LogP contribution < -0.4 is 0 Å². The monoisotopic (exact) mass is 711 g/mol. The van der Waals surface area contributed by atoms with Crippen LogP contribution in [0.4, 0.5) is 0 Å². The Morgan fingerprint density at radius 3 is 1.62 bits per heavy atom. The molecular formula is C55H37N. The van der Waals surface area contributed by atoms with Gasteiger partial charge in [-0.3, -0.25) is 0 Å². The fourth-order valence-electron chi connectivity index (χ4n) is 10.2. The molecule has 10 aromatic carbocycles. The average molecular weight is 712 g/mol. The largest absolute Gasteiger partial charge is 0.308 e. The van der Waals surface area contributed by atoms with E-state index in [1.165, 1.54) is 115 Å². The Hall–Kier alpha value is -6.96. The molecule has 0 spiro atoms. The number of benzene rings is 10. The third-order valence-electron chi connectivity index (χ3n) is 12.7. The molecule has 0 unspecified atom stereocenters. The van der Waals surface area contributed by atoms with Crippen molar-refractivity contribution in [3.63, 3.8) is 0 Å². The number of hydrogen-bond donors (Lipinski definition) is 0. The maximum atomic E-state index is 2.54. The molecule has 0 atom stereocenters. The van der Waals surface area contributed by atoms with Crippen LogP contribution in [0.5, 0.6) is 0 Å². The fraction of sp³-hybridized carbons (Fsp3) is 0.0545. The zero-order valence-electron chi connectivity index (χ0n) is 31.3. The van der Waals surface area contributed by atoms with Gasteiger partial charge in [0.05, 0.1) is 16.7 Å². The molecule has 1 heterocycles. The summed E-state index contributed by atoms with van der Waals surface area (Å²) in [7, 11) is 0. The molecule has 1 heteroatoms. The Bertz CT molecular complexity index is 3400. The van der Waals surface area contributed by atoms with Gasteiger partial charge in [0.15, 0.2) is 0 Å². The molecule has 0 saturated heterocycles. The van der Waals surface area contributed by atoms with Gasteiger partial charge in [-0.2, -0.15) is 0 Å². The summed E-state index contributed by atoms with van der Waals surface area (Å²) >= 11 is 0. The van der Waals surface area contributed by atoms with Gasteiger partial charge in [0, 0.05) is 27.0 Å². The van der Waals surface area contributed by atoms with Gasteiger partial charge in [-0.25, -0.2) is 0 Å². The SMILES string of the molecule is CC1(C)c2ccccc2-c2c1cc(-c1c3ccccc3c(-n3c4ccccc4c4ccccc43)c3ccc(-c4ccc5ccccc5c4)cc13)c1ccccc21. The smallest absolute Gasteiger partial charge is 0.0619 e. The molecule has 0 radical (unpaired) electrons. The molecule has 262 valence electrons. The average Bonchev–Trinajstić information content (AvgIpc) is 3.70. The van der Waals surface area contributed by atoms with Gasteiger partial charge in [0.25, 0.3) is 0 Å². The van der Waals surface area contributed by atoms with Crippen LogP contribution in [-0.4, -0.2) is 4.57 Å². The van der Waals surface area contributed by atoms with E-state index in [4.69, 9.17) is 0 Å². The standard InChI is InChI=1S/C55H37N/c1-55(2)48-24-12-9-23-45(48)53-41-20-6-5-17-38(41)47(33-49(53)55)52-42-21-7-8-22-43(42)54(56-50-25-13-10-18-39(50)40-19-11-14-26-51(40)56)44-30-29-37(32-46(44)52)36-28-27-34-15-3-4-16-35(34)31-36/h3-33H,1-2H3. The topological polar surface area (TPSA) is 4.93 Å². The van der Waals surface area contributed by atoms with Gasteiger partial charge in [0.1, 0.15) is 0 Å². The molecule has 1 aliphatic carbocycles. The number of hydrogen-bond acceptors (Lipinski definition) is 0. The summed E-state index contributed by atoms with van der Waals surface area (Å²) in [6.07, 6.45) is 0. The summed E-state index contributed by atoms with van der Waals surface area (Å²) in [5.41, 5.74) is 14.0. The molecule has 0 amide bonds. The van der Waals surface area contributed by atoms with E-state index in [1.807, 2.05) is 0 Å². The summed E-state index contributed by atoms with van der Waals surface area (Å²) in [5, 5.41) is 12.6. The predicted molar refractivity (Wildman–Crippen MR) is 239 cm³/mol. The highest BCUT2D eigenvalue weighted by molar-refractivity contribution is 6.24. The van der Waals surface area contributed by atoms with Crippen molar-refractivity contribution in [3.05, 3.63) is 199 Å². The van der Waals surface area contributed by atoms with Gasteiger partial charge in [0.2, 0.25) is 0 Å². The molecule has 0 aliphatic heterocycles. The molecule has 11 aromatic rings. The summed E-state index contributed by atoms with van der Waals surface area (Å²) in [6.45, 7) is 4.80. The maximum absolute atomic E-state index is 2.54. The first kappa shape index (κ1) is 31.4. The van der Waals surface area contributed by atoms with Gasteiger partial charge >= 0.3 is 0 Å². The van der Waals surface area contributed by atoms with E-state index in [-0.39, 0.29) is 5.41 Å². The predicted octanol–water partition coefficient (Wildman–Crippen LogP) is 15.0. The van der Waals surface area contributed by atoms with E-state index in [2.05, 4.69) is 206 Å². The normalized spacial score (nSPS) is 13.3. The molecule has 12 rings (SSSR count). The second kappa shape index (κ2) is 11.5. The van der Waals surface area contributed by atoms with E-state index >= 15 is 0 Å². The Kier molecular flexibility index (Phi) is 6.46. The van der Waals surface area contributed by atoms with Crippen LogP contribution in [-0.2, 0) is 5.41 Å². The summed E-state index contributed by atoms with van der Waals surface area (Å²) in [6, 6.07) is 70.3. The number of para-hydroxylation sites is 2. The van der Waals surface area contributed by atoms with Crippen molar-refractivity contribution in [2.75, 3.05) is 0 Å². The number of aromatic nitrogens is 1. The van der Waals surface area contributed by atoms with E-state index in [0.717, 1.165) is 0 Å². The van der Waals surface area contributed by atoms with Crippen molar-refractivity contribution in [2.45, 2.75) is 19.3 Å². The van der Waals surface area contributed by atoms with Gasteiger partial charge in [-0.15, -0.1) is 0 Å². The van der Waals surface area contributed by atoms with E-state index < -0.39 is 0 Å². The van der Waals surface area contributed by atoms with Crippen molar-refractivity contribution < 1.29 is 0 Å². The Morgan fingerprint density at radius 1 is 0.339 bits per heavy atom. The lowest BCUT2D eigenvalue weighted by Crippen LogP contribution is -2.15. The molecule has 1 aliphatic rings. The molecule has 0 bridgehead atoms. The quantitative estimate of drug-likeness (QED) is 0.161. The van der Waals surface area contributed by atoms with Crippen molar-refractivity contribution in [3.8, 4) is 39.1 Å². The van der Waals surface area contributed by atoms with E-state index in [9.17, 15) is 0 Å². The van der Waals surface area contributed by atoms with Crippen molar-refractivity contribution >= 4 is 64.9 Å². The first-order valence-electron chi connectivity index (χ1n) is 19.7. The van der Waals surface area contributed by atoms with Crippen LogP contribution in [0.15, 0.2) is 188 Å². The summed E-state index contributed by atoms with van der Waals surface area (Å²) in [4.78, 5) is 0. The minimum atomic E-state index is -0.143. The zero-order valence-corrected chi connectivity index (χ0v) is 31.3. The van der Waals surface area contributed by atoms with E-state index in [1.54, 1.807) is 0 Å². The maximum Gasteiger partial charge on any atom is 0.0619 e. The van der Waals surface area contributed by atoms with Crippen LogP contribution in [0, 0.1) is 0 Å². The third kappa shape index (κ3) is 4.26. The van der Waals surface area contributed by atoms with Crippen molar-refractivity contribution in [1.29, 1.82) is 0 Å². The number of rotatable bonds is 3. The first-order chi connectivity index (χ1) is 27.6. The Labute approximate surface area is 325 Å². The molecule has 0 saturated carbocycles. The summed E-state index contributed by atoms with van der Waals surface area (Å²) in [5.74, 6) is 0. The highest BCUT2D eigenvalue weighted by Crippen LogP contribution is 2.55. The number of nitrogens with zero attached hydrogens (tertiary/aromatic N) is 1. The van der Waals surface area contributed by atoms with Gasteiger partial charge in [-0.1, -0.05) is 172 Å². The van der Waals surface area contributed by atoms with Crippen LogP contribution >= 0.6 is 0 Å². The third-order valence-corrected chi connectivity index (χ3v) is 12.7. The van der Waals surface area contributed by atoms with Gasteiger partial charge in [-0.05, 0) is 107 Å². The van der Waals surface area contributed by atoms with Crippen molar-refractivity contribution in [2.24, 2.45) is 0 Å². The lowest BCUT2D eigenvalue weighted by atomic mass is 9.79. The highest BCUT2D eigenvalue weighted by atomic mass is 15.0. The van der Waals surface area contributed by atoms with Crippen LogP contribution in [0.3, 0.4) is 0 Å². The minimum absolute atomic E-state index is 0.143. The van der Waals surface area contributed by atoms with Gasteiger partial charge < -0.3 is 4.57 Å². The summed E-state index contributed by atoms with van der Waals surface area (Å²) < 4.78 is 2.52. The van der Waals surface area contributed by atoms with Crippen LogP contribution in [0.1, 0.15) is 25.0 Å². The second-order valence-corrected chi connectivity index (χ2v) is 16.0. The first-order valence-corrected chi connectivity index (χ1v) is 19.7. The van der Waals surface area contributed by atoms with Crippen LogP contribution in [0.25, 0.3) is 104 Å². The van der Waals surface area contributed by atoms with Crippen molar-refractivity contribution in [1.82, 2.24) is 4.57 Å². The molecule has 1 aromatic heterocycles. The lowest BCUT2D eigenvalue weighted by Gasteiger charge is -2.25. The fourth-order valence-corrected chi connectivity index (χ4v) is 10.2. The van der Waals surface area contributed by atoms with E-state index in [0.29, 0.717) is 0 Å². The highest BCUT2D eigenvalue weighted by Gasteiger charge is 2.37. The second-order valence-electron chi connectivity index (χ2n) is 16.0. The molecule has 56 heavy (non-hydrogen) atoms. The zero-order chi connectivity index (χ0) is 37.1. The Balaban J connectivity index is 1.26. The number of fused-ring (bicyclic) bond motifs is 11. The molecule has 0 N–H and O–H groups in total. The molecular weight excluding hydrogens is 675 g/mol.